The number of aliphatic hydroxyl groups is 9. The van der Waals surface area contributed by atoms with Crippen LogP contribution in [0.1, 0.15) is 13.8 Å². The lowest BCUT2D eigenvalue weighted by Gasteiger charge is -2.49. The normalized spacial score (nSPS) is 50.0. The van der Waals surface area contributed by atoms with E-state index in [2.05, 4.69) is 5.32 Å². The second-order valence-electron chi connectivity index (χ2n) is 9.05. The van der Waals surface area contributed by atoms with E-state index >= 15 is 0 Å². The van der Waals surface area contributed by atoms with Crippen molar-refractivity contribution in [3.05, 3.63) is 0 Å². The van der Waals surface area contributed by atoms with Gasteiger partial charge < -0.3 is 75.0 Å². The van der Waals surface area contributed by atoms with Crippen LogP contribution in [0.3, 0.4) is 0 Å². The third-order valence-corrected chi connectivity index (χ3v) is 6.45. The van der Waals surface area contributed by atoms with E-state index in [0.717, 1.165) is 6.92 Å². The van der Waals surface area contributed by atoms with Crippen LogP contribution in [0.25, 0.3) is 0 Å². The lowest BCUT2D eigenvalue weighted by molar-refractivity contribution is -0.370. The maximum Gasteiger partial charge on any atom is 0.217 e. The number of carbonyl (C=O) groups is 1. The number of hydrogen-bond donors (Lipinski definition) is 10. The first-order valence-electron chi connectivity index (χ1n) is 11.4. The molecular weight excluding hydrogens is 494 g/mol. The molecule has 10 N–H and O–H groups in total. The van der Waals surface area contributed by atoms with Gasteiger partial charge in [0.1, 0.15) is 67.1 Å². The molecule has 0 aromatic rings. The molecule has 210 valence electrons. The fourth-order valence-electron chi connectivity index (χ4n) is 4.40. The SMILES string of the molecule is CC(=O)N[C@@H]1[C@@H](O[C@@H]2O[C@H](CO)[C@H](O)[C@H](O)[C@H]2O)[C@H](O[C@@H]2OC(C)[C@@H](O)[C@@H](O)[C@@H]2O)[C@@H](CO)O[C@H]1O. The summed E-state index contributed by atoms with van der Waals surface area (Å²) in [5, 5.41) is 93.2. The molecule has 3 heterocycles. The molecule has 0 saturated carbocycles. The first kappa shape index (κ1) is 29.5. The molecule has 0 bridgehead atoms. The lowest BCUT2D eigenvalue weighted by atomic mass is 9.94. The van der Waals surface area contributed by atoms with Crippen LogP contribution in [0.4, 0.5) is 0 Å². The molecule has 3 rings (SSSR count). The zero-order valence-corrected chi connectivity index (χ0v) is 19.5. The Bertz CT molecular complexity index is 729. The summed E-state index contributed by atoms with van der Waals surface area (Å²) in [6.07, 6.45) is -22.0. The van der Waals surface area contributed by atoms with Crippen molar-refractivity contribution in [2.24, 2.45) is 0 Å². The number of ether oxygens (including phenoxy) is 5. The van der Waals surface area contributed by atoms with Crippen molar-refractivity contribution >= 4 is 5.91 Å². The Morgan fingerprint density at radius 1 is 0.722 bits per heavy atom. The number of amides is 1. The van der Waals surface area contributed by atoms with Gasteiger partial charge in [-0.1, -0.05) is 0 Å². The minimum atomic E-state index is -1.86. The molecule has 3 saturated heterocycles. The highest BCUT2D eigenvalue weighted by Crippen LogP contribution is 2.32. The molecule has 1 unspecified atom stereocenters. The highest BCUT2D eigenvalue weighted by Gasteiger charge is 2.54. The third kappa shape index (κ3) is 5.97. The van der Waals surface area contributed by atoms with Crippen molar-refractivity contribution in [1.29, 1.82) is 0 Å². The molecule has 16 nitrogen and oxygen atoms in total. The van der Waals surface area contributed by atoms with E-state index in [4.69, 9.17) is 23.7 Å². The molecule has 3 aliphatic heterocycles. The van der Waals surface area contributed by atoms with Gasteiger partial charge in [-0.3, -0.25) is 4.79 Å². The van der Waals surface area contributed by atoms with Gasteiger partial charge in [0, 0.05) is 6.92 Å². The monoisotopic (exact) mass is 529 g/mol. The van der Waals surface area contributed by atoms with Gasteiger partial charge in [-0.2, -0.15) is 0 Å². The fourth-order valence-corrected chi connectivity index (χ4v) is 4.40. The van der Waals surface area contributed by atoms with Crippen LogP contribution in [0.15, 0.2) is 0 Å². The van der Waals surface area contributed by atoms with Gasteiger partial charge in [0.05, 0.1) is 19.3 Å². The predicted octanol–water partition coefficient (Wildman–Crippen LogP) is -6.40. The topological polar surface area (TPSA) is 257 Å². The van der Waals surface area contributed by atoms with Gasteiger partial charge >= 0.3 is 0 Å². The van der Waals surface area contributed by atoms with E-state index in [9.17, 15) is 50.8 Å². The molecule has 0 aromatic heterocycles. The van der Waals surface area contributed by atoms with Crippen molar-refractivity contribution in [2.75, 3.05) is 13.2 Å². The lowest BCUT2D eigenvalue weighted by Crippen LogP contribution is -2.69. The molecule has 3 fully saturated rings. The van der Waals surface area contributed by atoms with E-state index in [1.54, 1.807) is 0 Å². The number of rotatable bonds is 7. The standard InChI is InChI=1S/C20H35NO15/c1-5-10(25)12(27)14(29)19(32-5)35-16-8(4-23)33-18(31)9(21-6(2)24)17(16)36-20-15(30)13(28)11(26)7(3-22)34-20/h5,7-20,22-23,25-31H,3-4H2,1-2H3,(H,21,24)/t5?,7-,8-,9-,10-,11+,12-,13+,14+,15-,16-,17-,18-,19+,20+/m1/s1. The quantitative estimate of drug-likeness (QED) is 0.147. The molecule has 36 heavy (non-hydrogen) atoms. The fraction of sp³-hybridized carbons (Fsp3) is 0.950. The van der Waals surface area contributed by atoms with Crippen LogP contribution in [-0.2, 0) is 28.5 Å². The second kappa shape index (κ2) is 12.2. The summed E-state index contributed by atoms with van der Waals surface area (Å²) in [5.74, 6) is -0.646. The number of carbonyl (C=O) groups excluding carboxylic acids is 1. The minimum absolute atomic E-state index is 0.646. The average molecular weight is 529 g/mol. The first-order chi connectivity index (χ1) is 16.9. The first-order valence-corrected chi connectivity index (χ1v) is 11.4. The van der Waals surface area contributed by atoms with Crippen LogP contribution in [0.5, 0.6) is 0 Å². The van der Waals surface area contributed by atoms with Crippen LogP contribution in [-0.4, -0.2) is 157 Å². The van der Waals surface area contributed by atoms with E-state index < -0.39 is 111 Å². The second-order valence-corrected chi connectivity index (χ2v) is 9.05. The molecule has 0 radical (unpaired) electrons. The van der Waals surface area contributed by atoms with Gasteiger partial charge in [-0.15, -0.1) is 0 Å². The van der Waals surface area contributed by atoms with Crippen molar-refractivity contribution < 1.29 is 74.4 Å². The number of hydrogen-bond acceptors (Lipinski definition) is 15. The largest absolute Gasteiger partial charge is 0.394 e. The number of aliphatic hydroxyl groups excluding tert-OH is 9. The summed E-state index contributed by atoms with van der Waals surface area (Å²) < 4.78 is 27.7. The van der Waals surface area contributed by atoms with Crippen molar-refractivity contribution in [2.45, 2.75) is 106 Å². The van der Waals surface area contributed by atoms with E-state index in [-0.39, 0.29) is 0 Å². The maximum absolute atomic E-state index is 11.8. The van der Waals surface area contributed by atoms with Gasteiger partial charge in [-0.25, -0.2) is 0 Å². The number of nitrogens with one attached hydrogen (secondary N) is 1. The highest BCUT2D eigenvalue weighted by atomic mass is 16.7. The van der Waals surface area contributed by atoms with Gasteiger partial charge in [0.2, 0.25) is 5.91 Å². The van der Waals surface area contributed by atoms with Crippen LogP contribution < -0.4 is 5.32 Å². The van der Waals surface area contributed by atoms with Gasteiger partial charge in [0.15, 0.2) is 18.9 Å². The summed E-state index contributed by atoms with van der Waals surface area (Å²) >= 11 is 0. The summed E-state index contributed by atoms with van der Waals surface area (Å²) in [4.78, 5) is 11.8. The summed E-state index contributed by atoms with van der Waals surface area (Å²) in [7, 11) is 0. The average Bonchev–Trinajstić information content (AvgIpc) is 2.84. The Morgan fingerprint density at radius 2 is 1.25 bits per heavy atom. The molecule has 16 heteroatoms. The van der Waals surface area contributed by atoms with Crippen molar-refractivity contribution in [3.8, 4) is 0 Å². The molecule has 3 aliphatic rings. The Kier molecular flexibility index (Phi) is 9.97. The highest BCUT2D eigenvalue weighted by molar-refractivity contribution is 5.73. The van der Waals surface area contributed by atoms with Gasteiger partial charge in [-0.05, 0) is 6.92 Å². The predicted molar refractivity (Wildman–Crippen MR) is 111 cm³/mol. The molecule has 0 aliphatic carbocycles. The van der Waals surface area contributed by atoms with Gasteiger partial charge in [0.25, 0.3) is 0 Å². The minimum Gasteiger partial charge on any atom is -0.394 e. The van der Waals surface area contributed by atoms with E-state index in [1.807, 2.05) is 0 Å². The molecule has 0 spiro atoms. The Morgan fingerprint density at radius 3 is 1.81 bits per heavy atom. The van der Waals surface area contributed by atoms with Crippen molar-refractivity contribution in [1.82, 2.24) is 5.32 Å². The van der Waals surface area contributed by atoms with Crippen LogP contribution in [0, 0.1) is 0 Å². The van der Waals surface area contributed by atoms with E-state index in [1.165, 1.54) is 6.92 Å². The zero-order valence-electron chi connectivity index (χ0n) is 19.5. The van der Waals surface area contributed by atoms with Crippen molar-refractivity contribution in [3.63, 3.8) is 0 Å². The molecular formula is C20H35NO15. The van der Waals surface area contributed by atoms with Crippen LogP contribution in [0.2, 0.25) is 0 Å². The van der Waals surface area contributed by atoms with Crippen LogP contribution >= 0.6 is 0 Å². The van der Waals surface area contributed by atoms with E-state index in [0.29, 0.717) is 0 Å². The summed E-state index contributed by atoms with van der Waals surface area (Å²) in [6, 6.07) is -1.42. The third-order valence-electron chi connectivity index (χ3n) is 6.45. The Labute approximate surface area is 205 Å². The summed E-state index contributed by atoms with van der Waals surface area (Å²) in [6.45, 7) is 1.00. The molecule has 15 atom stereocenters. The maximum atomic E-state index is 11.8. The summed E-state index contributed by atoms with van der Waals surface area (Å²) in [5.41, 5.74) is 0. The Balaban J connectivity index is 1.92. The Hall–Kier alpha value is -1.09. The smallest absolute Gasteiger partial charge is 0.217 e. The molecule has 1 amide bonds. The molecule has 0 aromatic carbocycles. The zero-order chi connectivity index (χ0) is 26.9.